The van der Waals surface area contributed by atoms with Gasteiger partial charge in [-0.15, -0.1) is 0 Å². The van der Waals surface area contributed by atoms with E-state index < -0.39 is 6.16 Å². The van der Waals surface area contributed by atoms with Crippen molar-refractivity contribution in [3.63, 3.8) is 0 Å². The lowest BCUT2D eigenvalue weighted by Crippen LogP contribution is -1.81. The monoisotopic (exact) mass is 174 g/mol. The number of hydrogen-bond acceptors (Lipinski definition) is 1. The Balaban J connectivity index is 0.000000261. The molecule has 1 aliphatic rings. The van der Waals surface area contributed by atoms with Crippen LogP contribution in [0.15, 0.2) is 0 Å². The molecule has 0 saturated heterocycles. The zero-order chi connectivity index (χ0) is 9.40. The van der Waals surface area contributed by atoms with Gasteiger partial charge in [0, 0.05) is 0 Å². The highest BCUT2D eigenvalue weighted by Gasteiger charge is 2.19. The summed E-state index contributed by atoms with van der Waals surface area (Å²) in [5, 5.41) is 13.9. The summed E-state index contributed by atoms with van der Waals surface area (Å²) in [5.74, 6) is 1.15. The molecular formula is C9H18O3. The molecule has 1 fully saturated rings. The Morgan fingerprint density at radius 2 is 1.83 bits per heavy atom. The van der Waals surface area contributed by atoms with Crippen LogP contribution < -0.4 is 0 Å². The van der Waals surface area contributed by atoms with Crippen molar-refractivity contribution in [2.45, 2.75) is 45.4 Å². The van der Waals surface area contributed by atoms with E-state index in [1.54, 1.807) is 0 Å². The summed E-state index contributed by atoms with van der Waals surface area (Å²) in [4.78, 5) is 8.56. The highest BCUT2D eigenvalue weighted by atomic mass is 16.6. The van der Waals surface area contributed by atoms with Crippen LogP contribution in [-0.4, -0.2) is 16.4 Å². The molecule has 0 radical (unpaired) electrons. The Morgan fingerprint density at radius 3 is 2.17 bits per heavy atom. The van der Waals surface area contributed by atoms with Gasteiger partial charge in [-0.25, -0.2) is 4.79 Å². The fraction of sp³-hybridized carbons (Fsp3) is 0.889. The predicted octanol–water partition coefficient (Wildman–Crippen LogP) is 3.20. The lowest BCUT2D eigenvalue weighted by Gasteiger charge is -1.92. The van der Waals surface area contributed by atoms with Gasteiger partial charge in [-0.1, -0.05) is 45.4 Å². The molecule has 2 N–H and O–H groups in total. The third-order valence-corrected chi connectivity index (χ3v) is 1.91. The minimum atomic E-state index is -1.83. The van der Waals surface area contributed by atoms with E-state index in [0.29, 0.717) is 0 Å². The van der Waals surface area contributed by atoms with E-state index in [2.05, 4.69) is 6.92 Å². The van der Waals surface area contributed by atoms with E-state index in [4.69, 9.17) is 15.0 Å². The Bertz CT molecular complexity index is 115. The van der Waals surface area contributed by atoms with Crippen LogP contribution >= 0.6 is 0 Å². The van der Waals surface area contributed by atoms with Crippen molar-refractivity contribution >= 4 is 6.16 Å². The van der Waals surface area contributed by atoms with Crippen LogP contribution in [0.1, 0.15) is 45.4 Å². The van der Waals surface area contributed by atoms with E-state index in [-0.39, 0.29) is 0 Å². The fourth-order valence-electron chi connectivity index (χ4n) is 1.09. The van der Waals surface area contributed by atoms with Gasteiger partial charge in [-0.3, -0.25) is 0 Å². The second-order valence-corrected chi connectivity index (χ2v) is 3.22. The van der Waals surface area contributed by atoms with Crippen LogP contribution in [0.4, 0.5) is 4.79 Å². The summed E-state index contributed by atoms with van der Waals surface area (Å²) >= 11 is 0. The SMILES string of the molecule is CCCCCC1CC1.O=C(O)O. The molecule has 0 spiro atoms. The molecule has 0 bridgehead atoms. The molecule has 0 aromatic carbocycles. The minimum absolute atomic E-state index is 1.15. The van der Waals surface area contributed by atoms with E-state index in [0.717, 1.165) is 5.92 Å². The van der Waals surface area contributed by atoms with Crippen LogP contribution in [0.2, 0.25) is 0 Å². The highest BCUT2D eigenvalue weighted by Crippen LogP contribution is 2.33. The lowest BCUT2D eigenvalue weighted by atomic mass is 10.1. The molecule has 0 aromatic rings. The average Bonchev–Trinajstić information content (AvgIpc) is 2.70. The second kappa shape index (κ2) is 6.95. The van der Waals surface area contributed by atoms with Crippen molar-refractivity contribution in [3.8, 4) is 0 Å². The molecule has 1 saturated carbocycles. The molecule has 3 heteroatoms. The lowest BCUT2D eigenvalue weighted by molar-refractivity contribution is 0.137. The number of hydrogen-bond donors (Lipinski definition) is 2. The van der Waals surface area contributed by atoms with Gasteiger partial charge in [0.05, 0.1) is 0 Å². The normalized spacial score (nSPS) is 14.8. The van der Waals surface area contributed by atoms with Gasteiger partial charge in [0.25, 0.3) is 0 Å². The van der Waals surface area contributed by atoms with Crippen molar-refractivity contribution in [2.75, 3.05) is 0 Å². The van der Waals surface area contributed by atoms with Crippen LogP contribution in [-0.2, 0) is 0 Å². The van der Waals surface area contributed by atoms with Gasteiger partial charge >= 0.3 is 6.16 Å². The maximum absolute atomic E-state index is 8.56. The molecule has 3 nitrogen and oxygen atoms in total. The number of rotatable bonds is 4. The summed E-state index contributed by atoms with van der Waals surface area (Å²) in [6.07, 6.45) is 7.08. The van der Waals surface area contributed by atoms with Gasteiger partial charge in [0.2, 0.25) is 0 Å². The molecule has 1 aliphatic carbocycles. The number of unbranched alkanes of at least 4 members (excludes halogenated alkanes) is 2. The zero-order valence-corrected chi connectivity index (χ0v) is 7.62. The zero-order valence-electron chi connectivity index (χ0n) is 7.62. The molecule has 0 unspecified atom stereocenters. The Hall–Kier alpha value is -0.730. The van der Waals surface area contributed by atoms with E-state index in [1.165, 1.54) is 38.5 Å². The molecule has 1 rings (SSSR count). The third kappa shape index (κ3) is 12.0. The first-order valence-electron chi connectivity index (χ1n) is 4.58. The number of carbonyl (C=O) groups is 1. The standard InChI is InChI=1S/C8H16.CH2O3/c1-2-3-4-5-8-6-7-8;2-1(3)4/h8H,2-7H2,1H3;(H2,2,3,4). The molecule has 72 valence electrons. The highest BCUT2D eigenvalue weighted by molar-refractivity contribution is 5.53. The maximum Gasteiger partial charge on any atom is 0.503 e. The van der Waals surface area contributed by atoms with E-state index in [9.17, 15) is 0 Å². The smallest absolute Gasteiger partial charge is 0.450 e. The van der Waals surface area contributed by atoms with Gasteiger partial charge in [0.15, 0.2) is 0 Å². The van der Waals surface area contributed by atoms with Crippen molar-refractivity contribution in [1.82, 2.24) is 0 Å². The summed E-state index contributed by atoms with van der Waals surface area (Å²) in [5.41, 5.74) is 0. The van der Waals surface area contributed by atoms with Crippen molar-refractivity contribution in [1.29, 1.82) is 0 Å². The molecule has 0 atom stereocenters. The molecule has 0 heterocycles. The molecule has 12 heavy (non-hydrogen) atoms. The maximum atomic E-state index is 8.56. The summed E-state index contributed by atoms with van der Waals surface area (Å²) < 4.78 is 0. The Morgan fingerprint density at radius 1 is 1.33 bits per heavy atom. The molecular weight excluding hydrogens is 156 g/mol. The molecule has 0 amide bonds. The fourth-order valence-corrected chi connectivity index (χ4v) is 1.09. The van der Waals surface area contributed by atoms with E-state index in [1.807, 2.05) is 0 Å². The quantitative estimate of drug-likeness (QED) is 0.643. The first-order chi connectivity index (χ1) is 5.66. The van der Waals surface area contributed by atoms with Gasteiger partial charge in [0.1, 0.15) is 0 Å². The van der Waals surface area contributed by atoms with E-state index >= 15 is 0 Å². The molecule has 0 aromatic heterocycles. The van der Waals surface area contributed by atoms with Crippen LogP contribution in [0.5, 0.6) is 0 Å². The summed E-state index contributed by atoms with van der Waals surface area (Å²) in [6, 6.07) is 0. The molecule has 0 aliphatic heterocycles. The minimum Gasteiger partial charge on any atom is -0.450 e. The van der Waals surface area contributed by atoms with Gasteiger partial charge < -0.3 is 10.2 Å². The Kier molecular flexibility index (Phi) is 6.53. The summed E-state index contributed by atoms with van der Waals surface area (Å²) in [6.45, 7) is 2.27. The second-order valence-electron chi connectivity index (χ2n) is 3.22. The van der Waals surface area contributed by atoms with Crippen LogP contribution in [0.3, 0.4) is 0 Å². The largest absolute Gasteiger partial charge is 0.503 e. The average molecular weight is 174 g/mol. The van der Waals surface area contributed by atoms with Crippen molar-refractivity contribution in [2.24, 2.45) is 5.92 Å². The first-order valence-corrected chi connectivity index (χ1v) is 4.58. The van der Waals surface area contributed by atoms with Crippen LogP contribution in [0.25, 0.3) is 0 Å². The first kappa shape index (κ1) is 11.3. The van der Waals surface area contributed by atoms with Gasteiger partial charge in [-0.05, 0) is 5.92 Å². The third-order valence-electron chi connectivity index (χ3n) is 1.91. The Labute approximate surface area is 73.4 Å². The van der Waals surface area contributed by atoms with Gasteiger partial charge in [-0.2, -0.15) is 0 Å². The predicted molar refractivity (Wildman–Crippen MR) is 47.5 cm³/mol. The number of carboxylic acid groups (broad SMARTS) is 2. The topological polar surface area (TPSA) is 57.5 Å². The van der Waals surface area contributed by atoms with Crippen molar-refractivity contribution < 1.29 is 15.0 Å². The summed E-state index contributed by atoms with van der Waals surface area (Å²) in [7, 11) is 0. The van der Waals surface area contributed by atoms with Crippen molar-refractivity contribution in [3.05, 3.63) is 0 Å². The van der Waals surface area contributed by atoms with Crippen LogP contribution in [0, 0.1) is 5.92 Å².